The quantitative estimate of drug-likeness (QED) is 0.519. The molecule has 0 aliphatic carbocycles. The number of aromatic nitrogens is 5. The van der Waals surface area contributed by atoms with E-state index in [1.54, 1.807) is 30.5 Å². The zero-order valence-corrected chi connectivity index (χ0v) is 16.4. The van der Waals surface area contributed by atoms with Gasteiger partial charge in [0.25, 0.3) is 11.5 Å². The molecule has 1 amide bonds. The van der Waals surface area contributed by atoms with Crippen LogP contribution >= 0.6 is 0 Å². The standard InChI is InChI=1S/C21H18FN7O2/c22-15-9-14-10-17(20(30)25-19(14)24-11-15)18-12-29(27-26-18)16-3-1-13(2-4-16)21(31)28-7-5-23-6-8-28/h1-4,9-12,23H,5-8H2,(H,24,25,30). The fraction of sp³-hybridized carbons (Fsp3) is 0.190. The van der Waals surface area contributed by atoms with Crippen LogP contribution in [-0.4, -0.2) is 61.9 Å². The molecule has 4 aromatic rings. The number of rotatable bonds is 3. The summed E-state index contributed by atoms with van der Waals surface area (Å²) in [5, 5.41) is 11.9. The van der Waals surface area contributed by atoms with Crippen molar-refractivity contribution in [1.29, 1.82) is 0 Å². The zero-order chi connectivity index (χ0) is 21.4. The van der Waals surface area contributed by atoms with Crippen molar-refractivity contribution in [1.82, 2.24) is 35.2 Å². The van der Waals surface area contributed by atoms with Crippen LogP contribution in [-0.2, 0) is 0 Å². The number of nitrogens with zero attached hydrogens (tertiary/aromatic N) is 5. The third kappa shape index (κ3) is 3.68. The second kappa shape index (κ2) is 7.73. The molecule has 1 aliphatic rings. The highest BCUT2D eigenvalue weighted by molar-refractivity contribution is 5.94. The average Bonchev–Trinajstić information content (AvgIpc) is 3.29. The van der Waals surface area contributed by atoms with Gasteiger partial charge in [0.15, 0.2) is 0 Å². The van der Waals surface area contributed by atoms with Gasteiger partial charge in [0.05, 0.1) is 23.6 Å². The lowest BCUT2D eigenvalue weighted by atomic mass is 10.1. The molecule has 31 heavy (non-hydrogen) atoms. The van der Waals surface area contributed by atoms with Gasteiger partial charge in [0.2, 0.25) is 0 Å². The van der Waals surface area contributed by atoms with Gasteiger partial charge >= 0.3 is 0 Å². The van der Waals surface area contributed by atoms with Crippen LogP contribution in [0.15, 0.2) is 53.6 Å². The summed E-state index contributed by atoms with van der Waals surface area (Å²) in [6.45, 7) is 2.96. The number of hydrogen-bond donors (Lipinski definition) is 2. The molecule has 0 bridgehead atoms. The van der Waals surface area contributed by atoms with E-state index in [0.717, 1.165) is 19.3 Å². The molecular formula is C21H18FN7O2. The molecular weight excluding hydrogens is 401 g/mol. The van der Waals surface area contributed by atoms with Crippen molar-refractivity contribution in [2.45, 2.75) is 0 Å². The fourth-order valence-electron chi connectivity index (χ4n) is 3.58. The van der Waals surface area contributed by atoms with Crippen LogP contribution in [0.5, 0.6) is 0 Å². The van der Waals surface area contributed by atoms with Crippen LogP contribution in [0.3, 0.4) is 0 Å². The number of amides is 1. The van der Waals surface area contributed by atoms with E-state index in [4.69, 9.17) is 0 Å². The molecule has 0 atom stereocenters. The topological polar surface area (TPSA) is 109 Å². The Morgan fingerprint density at radius 1 is 1.10 bits per heavy atom. The maximum absolute atomic E-state index is 13.5. The monoisotopic (exact) mass is 419 g/mol. The number of halogens is 1. The molecule has 1 aromatic carbocycles. The summed E-state index contributed by atoms with van der Waals surface area (Å²) in [5.41, 5.74) is 1.81. The molecule has 1 saturated heterocycles. The van der Waals surface area contributed by atoms with Crippen molar-refractivity contribution in [2.75, 3.05) is 26.2 Å². The zero-order valence-electron chi connectivity index (χ0n) is 16.4. The fourth-order valence-corrected chi connectivity index (χ4v) is 3.58. The lowest BCUT2D eigenvalue weighted by Gasteiger charge is -2.27. The van der Waals surface area contributed by atoms with E-state index in [9.17, 15) is 14.0 Å². The van der Waals surface area contributed by atoms with Crippen molar-refractivity contribution < 1.29 is 9.18 Å². The number of hydrogen-bond acceptors (Lipinski definition) is 6. The maximum Gasteiger partial charge on any atom is 0.259 e. The summed E-state index contributed by atoms with van der Waals surface area (Å²) in [4.78, 5) is 33.3. The summed E-state index contributed by atoms with van der Waals surface area (Å²) in [5.74, 6) is -0.500. The number of carbonyl (C=O) groups is 1. The Morgan fingerprint density at radius 2 is 1.87 bits per heavy atom. The number of aromatic amines is 1. The molecule has 156 valence electrons. The Hall–Kier alpha value is -3.92. The van der Waals surface area contributed by atoms with Crippen molar-refractivity contribution in [3.63, 3.8) is 0 Å². The Bertz CT molecular complexity index is 1320. The van der Waals surface area contributed by atoms with Crippen molar-refractivity contribution in [3.8, 4) is 16.9 Å². The number of carbonyl (C=O) groups excluding carboxylic acids is 1. The van der Waals surface area contributed by atoms with Crippen molar-refractivity contribution in [2.24, 2.45) is 0 Å². The van der Waals surface area contributed by atoms with Crippen LogP contribution in [0.1, 0.15) is 10.4 Å². The molecule has 0 radical (unpaired) electrons. The second-order valence-electron chi connectivity index (χ2n) is 7.24. The van der Waals surface area contributed by atoms with Crippen LogP contribution in [0.25, 0.3) is 28.0 Å². The first-order valence-corrected chi connectivity index (χ1v) is 9.80. The van der Waals surface area contributed by atoms with Gasteiger partial charge in [-0.05, 0) is 36.4 Å². The highest BCUT2D eigenvalue weighted by Gasteiger charge is 2.18. The van der Waals surface area contributed by atoms with Crippen molar-refractivity contribution >= 4 is 16.9 Å². The van der Waals surface area contributed by atoms with Crippen LogP contribution in [0, 0.1) is 5.82 Å². The van der Waals surface area contributed by atoms with Gasteiger partial charge in [-0.3, -0.25) is 9.59 Å². The first-order chi connectivity index (χ1) is 15.1. The minimum atomic E-state index is -0.496. The third-order valence-electron chi connectivity index (χ3n) is 5.21. The molecule has 5 rings (SSSR count). The highest BCUT2D eigenvalue weighted by Crippen LogP contribution is 2.19. The number of H-pyrrole nitrogens is 1. The molecule has 2 N–H and O–H groups in total. The summed E-state index contributed by atoms with van der Waals surface area (Å²) in [6.07, 6.45) is 2.65. The van der Waals surface area contributed by atoms with Gasteiger partial charge in [0, 0.05) is 37.1 Å². The molecule has 4 heterocycles. The van der Waals surface area contributed by atoms with Gasteiger partial charge < -0.3 is 15.2 Å². The number of pyridine rings is 2. The minimum absolute atomic E-state index is 0.00383. The van der Waals surface area contributed by atoms with Gasteiger partial charge in [-0.1, -0.05) is 5.21 Å². The van der Waals surface area contributed by atoms with Gasteiger partial charge in [0.1, 0.15) is 17.2 Å². The Morgan fingerprint density at radius 3 is 2.65 bits per heavy atom. The maximum atomic E-state index is 13.5. The van der Waals surface area contributed by atoms with Gasteiger partial charge in [-0.15, -0.1) is 5.10 Å². The first kappa shape index (κ1) is 19.1. The Balaban J connectivity index is 1.42. The lowest BCUT2D eigenvalue weighted by Crippen LogP contribution is -2.46. The summed E-state index contributed by atoms with van der Waals surface area (Å²) in [7, 11) is 0. The molecule has 3 aromatic heterocycles. The van der Waals surface area contributed by atoms with E-state index in [1.807, 2.05) is 4.90 Å². The van der Waals surface area contributed by atoms with Crippen LogP contribution in [0.2, 0.25) is 0 Å². The summed E-state index contributed by atoms with van der Waals surface area (Å²) in [6, 6.07) is 9.88. The molecule has 0 saturated carbocycles. The van der Waals surface area contributed by atoms with E-state index in [0.29, 0.717) is 41.1 Å². The van der Waals surface area contributed by atoms with E-state index < -0.39 is 11.4 Å². The normalized spacial score (nSPS) is 14.2. The average molecular weight is 419 g/mol. The molecule has 10 heteroatoms. The first-order valence-electron chi connectivity index (χ1n) is 9.80. The molecule has 0 spiro atoms. The number of benzene rings is 1. The second-order valence-corrected chi connectivity index (χ2v) is 7.24. The molecule has 1 aliphatic heterocycles. The Labute approximate surface area is 175 Å². The van der Waals surface area contributed by atoms with Crippen molar-refractivity contribution in [3.05, 3.63) is 70.5 Å². The van der Waals surface area contributed by atoms with E-state index in [2.05, 4.69) is 25.6 Å². The molecule has 9 nitrogen and oxygen atoms in total. The number of fused-ring (bicyclic) bond motifs is 1. The summed E-state index contributed by atoms with van der Waals surface area (Å²) < 4.78 is 15.0. The minimum Gasteiger partial charge on any atom is -0.336 e. The summed E-state index contributed by atoms with van der Waals surface area (Å²) >= 11 is 0. The SMILES string of the molecule is O=C(c1ccc(-n2cc(-c3cc4cc(F)cnc4[nH]c3=O)nn2)cc1)N1CCNCC1. The molecule has 0 unspecified atom stereocenters. The largest absolute Gasteiger partial charge is 0.336 e. The number of nitrogens with one attached hydrogen (secondary N) is 2. The van der Waals surface area contributed by atoms with Crippen LogP contribution in [0.4, 0.5) is 4.39 Å². The molecule has 1 fully saturated rings. The highest BCUT2D eigenvalue weighted by atomic mass is 19.1. The smallest absolute Gasteiger partial charge is 0.259 e. The van der Waals surface area contributed by atoms with E-state index in [-0.39, 0.29) is 11.5 Å². The Kier molecular flexibility index (Phi) is 4.75. The van der Waals surface area contributed by atoms with Gasteiger partial charge in [-0.25, -0.2) is 14.1 Å². The van der Waals surface area contributed by atoms with Gasteiger partial charge in [-0.2, -0.15) is 0 Å². The van der Waals surface area contributed by atoms with E-state index >= 15 is 0 Å². The lowest BCUT2D eigenvalue weighted by molar-refractivity contribution is 0.0736. The van der Waals surface area contributed by atoms with Crippen LogP contribution < -0.4 is 10.9 Å². The predicted molar refractivity (Wildman–Crippen MR) is 111 cm³/mol. The predicted octanol–water partition coefficient (Wildman–Crippen LogP) is 1.36. The number of piperazine rings is 1. The van der Waals surface area contributed by atoms with E-state index in [1.165, 1.54) is 16.8 Å². The third-order valence-corrected chi connectivity index (χ3v) is 5.21.